The van der Waals surface area contributed by atoms with Crippen molar-refractivity contribution < 1.29 is 9.53 Å². The van der Waals surface area contributed by atoms with E-state index < -0.39 is 0 Å². The number of carbonyl (C=O) groups is 1. The summed E-state index contributed by atoms with van der Waals surface area (Å²) in [6.45, 7) is 12.7. The van der Waals surface area contributed by atoms with Crippen LogP contribution in [0.3, 0.4) is 0 Å². The normalized spacial score (nSPS) is 21.2. The van der Waals surface area contributed by atoms with Gasteiger partial charge < -0.3 is 24.3 Å². The number of aryl methyl sites for hydroxylation is 1. The van der Waals surface area contributed by atoms with Crippen LogP contribution >= 0.6 is 0 Å². The second kappa shape index (κ2) is 11.1. The fraction of sp³-hybridized carbons (Fsp3) is 0.484. The quantitative estimate of drug-likeness (QED) is 0.463. The van der Waals surface area contributed by atoms with Crippen molar-refractivity contribution in [1.82, 2.24) is 25.0 Å². The summed E-state index contributed by atoms with van der Waals surface area (Å²) in [7, 11) is 2.13. The largest absolute Gasteiger partial charge is 0.475 e. The van der Waals surface area contributed by atoms with Gasteiger partial charge in [-0.1, -0.05) is 12.6 Å². The van der Waals surface area contributed by atoms with Crippen molar-refractivity contribution in [3.8, 4) is 11.9 Å². The van der Waals surface area contributed by atoms with Gasteiger partial charge in [-0.05, 0) is 64.4 Å². The number of rotatable bonds is 6. The lowest BCUT2D eigenvalue weighted by molar-refractivity contribution is -0.128. The van der Waals surface area contributed by atoms with Crippen LogP contribution in [0, 0.1) is 18.3 Å². The Kier molecular flexibility index (Phi) is 7.30. The molecule has 2 aromatic heterocycles. The standard InChI is InChI=1S/C31H38N8O2/c1-5-28(40)39-14-13-38(17-21(39)3)30-23-10-12-37(29-20(2)8-9-26-25(29)16-33-35-26)18-27(23)34-31(24(30)15-32)41-19-22-7-6-11-36(22)4/h5,8-9,16,21-22H,1,6-7,10-14,17-19H2,2-4H3,(H,33,35). The minimum absolute atomic E-state index is 0.0115. The first-order valence-corrected chi connectivity index (χ1v) is 14.5. The highest BCUT2D eigenvalue weighted by atomic mass is 16.5. The number of aromatic nitrogens is 3. The van der Waals surface area contributed by atoms with Gasteiger partial charge in [-0.2, -0.15) is 10.4 Å². The van der Waals surface area contributed by atoms with Gasteiger partial charge in [0.05, 0.1) is 35.3 Å². The molecule has 3 aliphatic heterocycles. The van der Waals surface area contributed by atoms with E-state index in [1.165, 1.54) is 11.6 Å². The number of nitrogens with one attached hydrogen (secondary N) is 1. The van der Waals surface area contributed by atoms with Crippen molar-refractivity contribution in [2.45, 2.75) is 51.7 Å². The third kappa shape index (κ3) is 4.88. The van der Waals surface area contributed by atoms with Gasteiger partial charge in [0.25, 0.3) is 0 Å². The molecule has 2 fully saturated rings. The molecule has 0 aliphatic carbocycles. The van der Waals surface area contributed by atoms with Crippen molar-refractivity contribution >= 4 is 28.2 Å². The fourth-order valence-electron chi connectivity index (χ4n) is 6.78. The Bertz CT molecular complexity index is 1520. The molecule has 6 rings (SSSR count). The molecule has 5 heterocycles. The molecule has 214 valence electrons. The smallest absolute Gasteiger partial charge is 0.246 e. The van der Waals surface area contributed by atoms with Crippen molar-refractivity contribution in [2.75, 3.05) is 56.2 Å². The van der Waals surface area contributed by atoms with E-state index in [-0.39, 0.29) is 11.9 Å². The van der Waals surface area contributed by atoms with Gasteiger partial charge in [-0.3, -0.25) is 9.89 Å². The number of piperazine rings is 1. The van der Waals surface area contributed by atoms with Gasteiger partial charge in [-0.15, -0.1) is 0 Å². The number of fused-ring (bicyclic) bond motifs is 2. The monoisotopic (exact) mass is 554 g/mol. The lowest BCUT2D eigenvalue weighted by atomic mass is 9.96. The molecule has 2 atom stereocenters. The molecule has 2 unspecified atom stereocenters. The molecule has 41 heavy (non-hydrogen) atoms. The van der Waals surface area contributed by atoms with Crippen LogP contribution in [-0.2, 0) is 17.8 Å². The summed E-state index contributed by atoms with van der Waals surface area (Å²) in [6, 6.07) is 6.96. The number of anilines is 2. The second-order valence-electron chi connectivity index (χ2n) is 11.5. The number of ether oxygens (including phenoxy) is 1. The molecular weight excluding hydrogens is 516 g/mol. The number of amides is 1. The van der Waals surface area contributed by atoms with Crippen LogP contribution in [0.4, 0.5) is 11.4 Å². The molecule has 0 saturated carbocycles. The zero-order chi connectivity index (χ0) is 28.7. The maximum atomic E-state index is 12.4. The summed E-state index contributed by atoms with van der Waals surface area (Å²) in [4.78, 5) is 26.3. The number of H-pyrrole nitrogens is 1. The number of nitrogens with zero attached hydrogens (tertiary/aromatic N) is 7. The van der Waals surface area contributed by atoms with E-state index in [9.17, 15) is 10.1 Å². The van der Waals surface area contributed by atoms with Gasteiger partial charge in [0.15, 0.2) is 0 Å². The molecule has 2 saturated heterocycles. The summed E-state index contributed by atoms with van der Waals surface area (Å²) in [5.41, 5.74) is 6.83. The van der Waals surface area contributed by atoms with Crippen LogP contribution in [-0.4, -0.2) is 89.4 Å². The highest BCUT2D eigenvalue weighted by Gasteiger charge is 2.34. The van der Waals surface area contributed by atoms with E-state index in [0.29, 0.717) is 50.3 Å². The van der Waals surface area contributed by atoms with Crippen LogP contribution in [0.1, 0.15) is 42.1 Å². The van der Waals surface area contributed by atoms with Gasteiger partial charge in [0, 0.05) is 49.2 Å². The first kappa shape index (κ1) is 27.1. The van der Waals surface area contributed by atoms with Crippen molar-refractivity contribution in [2.24, 2.45) is 0 Å². The SMILES string of the molecule is C=CC(=O)N1CCN(c2c(C#N)c(OCC3CCCN3C)nc3c2CCN(c2c(C)ccc4[nH]ncc24)C3)CC1C. The van der Waals surface area contributed by atoms with Gasteiger partial charge in [-0.25, -0.2) is 4.98 Å². The minimum Gasteiger partial charge on any atom is -0.475 e. The lowest BCUT2D eigenvalue weighted by Crippen LogP contribution is -2.54. The Morgan fingerprint density at radius 2 is 2.10 bits per heavy atom. The average molecular weight is 555 g/mol. The number of hydrogen-bond acceptors (Lipinski definition) is 8. The number of carbonyl (C=O) groups excluding carboxylic acids is 1. The molecule has 1 N–H and O–H groups in total. The number of benzene rings is 1. The Morgan fingerprint density at radius 3 is 2.83 bits per heavy atom. The zero-order valence-corrected chi connectivity index (χ0v) is 24.2. The van der Waals surface area contributed by atoms with E-state index in [1.54, 1.807) is 0 Å². The topological polar surface area (TPSA) is 105 Å². The van der Waals surface area contributed by atoms with Gasteiger partial charge in [0.1, 0.15) is 18.2 Å². The molecule has 0 radical (unpaired) electrons. The van der Waals surface area contributed by atoms with E-state index in [4.69, 9.17) is 9.72 Å². The molecule has 10 heteroatoms. The molecule has 1 amide bonds. The fourth-order valence-corrected chi connectivity index (χ4v) is 6.78. The molecule has 0 bridgehead atoms. The van der Waals surface area contributed by atoms with Gasteiger partial charge in [0.2, 0.25) is 11.8 Å². The molecule has 0 spiro atoms. The van der Waals surface area contributed by atoms with Gasteiger partial charge >= 0.3 is 0 Å². The Balaban J connectivity index is 1.39. The summed E-state index contributed by atoms with van der Waals surface area (Å²) in [5, 5.41) is 19.0. The summed E-state index contributed by atoms with van der Waals surface area (Å²) >= 11 is 0. The van der Waals surface area contributed by atoms with Crippen LogP contribution in [0.5, 0.6) is 5.88 Å². The van der Waals surface area contributed by atoms with Crippen LogP contribution in [0.2, 0.25) is 0 Å². The van der Waals surface area contributed by atoms with Crippen molar-refractivity contribution in [3.63, 3.8) is 0 Å². The zero-order valence-electron chi connectivity index (χ0n) is 24.2. The molecule has 10 nitrogen and oxygen atoms in total. The van der Waals surface area contributed by atoms with E-state index in [1.807, 2.05) is 11.1 Å². The predicted molar refractivity (Wildman–Crippen MR) is 159 cm³/mol. The van der Waals surface area contributed by atoms with Crippen LogP contribution in [0.15, 0.2) is 31.0 Å². The lowest BCUT2D eigenvalue weighted by Gasteiger charge is -2.42. The Labute approximate surface area is 241 Å². The summed E-state index contributed by atoms with van der Waals surface area (Å²) < 4.78 is 6.39. The highest BCUT2D eigenvalue weighted by molar-refractivity contribution is 5.93. The number of nitriles is 1. The first-order chi connectivity index (χ1) is 19.9. The molecule has 3 aliphatic rings. The maximum Gasteiger partial charge on any atom is 0.246 e. The van der Waals surface area contributed by atoms with E-state index in [2.05, 4.69) is 70.6 Å². The highest BCUT2D eigenvalue weighted by Crippen LogP contribution is 2.40. The Hall–Kier alpha value is -4.10. The van der Waals surface area contributed by atoms with Crippen molar-refractivity contribution in [1.29, 1.82) is 5.26 Å². The number of likely N-dealkylation sites (tertiary alicyclic amines) is 1. The predicted octanol–water partition coefficient (Wildman–Crippen LogP) is 3.40. The average Bonchev–Trinajstić information content (AvgIpc) is 3.62. The molecular formula is C31H38N8O2. The Morgan fingerprint density at radius 1 is 1.24 bits per heavy atom. The third-order valence-electron chi connectivity index (χ3n) is 9.00. The van der Waals surface area contributed by atoms with Crippen molar-refractivity contribution in [3.05, 3.63) is 53.4 Å². The maximum absolute atomic E-state index is 12.4. The van der Waals surface area contributed by atoms with Crippen LogP contribution in [0.25, 0.3) is 10.9 Å². The first-order valence-electron chi connectivity index (χ1n) is 14.5. The third-order valence-corrected chi connectivity index (χ3v) is 9.00. The minimum atomic E-state index is -0.0569. The number of pyridine rings is 1. The number of likely N-dealkylation sites (N-methyl/N-ethyl adjacent to an activating group) is 1. The van der Waals surface area contributed by atoms with Crippen LogP contribution < -0.4 is 14.5 Å². The number of aromatic amines is 1. The molecule has 3 aromatic rings. The molecule has 1 aromatic carbocycles. The summed E-state index contributed by atoms with van der Waals surface area (Å²) in [5.74, 6) is 0.359. The number of hydrogen-bond donors (Lipinski definition) is 1. The van der Waals surface area contributed by atoms with E-state index >= 15 is 0 Å². The second-order valence-corrected chi connectivity index (χ2v) is 11.5. The summed E-state index contributed by atoms with van der Waals surface area (Å²) in [6.07, 6.45) is 6.26. The van der Waals surface area contributed by atoms with E-state index in [0.717, 1.165) is 65.9 Å².